The second kappa shape index (κ2) is 4.33. The van der Waals surface area contributed by atoms with Gasteiger partial charge in [0.1, 0.15) is 5.75 Å². The van der Waals surface area contributed by atoms with Gasteiger partial charge in [-0.2, -0.15) is 5.26 Å². The number of nitrogen functional groups attached to an aromatic ring is 1. The molecule has 0 aliphatic heterocycles. The quantitative estimate of drug-likeness (QED) is 0.574. The summed E-state index contributed by atoms with van der Waals surface area (Å²) in [6.07, 6.45) is 0. The monoisotopic (exact) mass is 206 g/mol. The molecule has 0 saturated carbocycles. The number of methoxy groups -OCH3 is 2. The summed E-state index contributed by atoms with van der Waals surface area (Å²) in [5.74, 6) is -0.308. The van der Waals surface area contributed by atoms with Crippen molar-refractivity contribution in [1.82, 2.24) is 0 Å². The van der Waals surface area contributed by atoms with Crippen molar-refractivity contribution in [3.63, 3.8) is 0 Å². The Hall–Kier alpha value is -2.22. The van der Waals surface area contributed by atoms with E-state index in [1.54, 1.807) is 0 Å². The highest BCUT2D eigenvalue weighted by atomic mass is 16.5. The first-order chi connectivity index (χ1) is 7.13. The summed E-state index contributed by atoms with van der Waals surface area (Å²) in [6, 6.07) is 4.73. The molecule has 0 heterocycles. The number of nitrogens with two attached hydrogens (primary N) is 1. The normalized spacial score (nSPS) is 9.13. The Morgan fingerprint density at radius 3 is 2.60 bits per heavy atom. The molecule has 1 rings (SSSR count). The number of carbonyl (C=O) groups excluding carboxylic acids is 1. The minimum absolute atomic E-state index is 0.133. The molecule has 78 valence electrons. The fraction of sp³-hybridized carbons (Fsp3) is 0.200. The van der Waals surface area contributed by atoms with Crippen molar-refractivity contribution in [2.75, 3.05) is 20.0 Å². The molecule has 0 aliphatic rings. The van der Waals surface area contributed by atoms with Crippen molar-refractivity contribution >= 4 is 11.7 Å². The van der Waals surface area contributed by atoms with Gasteiger partial charge in [-0.3, -0.25) is 0 Å². The molecular weight excluding hydrogens is 196 g/mol. The zero-order chi connectivity index (χ0) is 11.4. The van der Waals surface area contributed by atoms with E-state index < -0.39 is 5.97 Å². The van der Waals surface area contributed by atoms with Crippen LogP contribution in [0, 0.1) is 11.3 Å². The van der Waals surface area contributed by atoms with Crippen molar-refractivity contribution in [1.29, 1.82) is 5.26 Å². The Kier molecular flexibility index (Phi) is 3.13. The summed E-state index contributed by atoms with van der Waals surface area (Å²) >= 11 is 0. The summed E-state index contributed by atoms with van der Waals surface area (Å²) in [5, 5.41) is 8.73. The van der Waals surface area contributed by atoms with Crippen LogP contribution >= 0.6 is 0 Å². The maximum Gasteiger partial charge on any atom is 0.340 e. The van der Waals surface area contributed by atoms with Crippen LogP contribution in [0.15, 0.2) is 12.1 Å². The molecule has 0 bridgehead atoms. The molecular formula is C10H10N2O3. The zero-order valence-electron chi connectivity index (χ0n) is 8.40. The number of anilines is 1. The molecule has 0 unspecified atom stereocenters. The number of hydrogen-bond acceptors (Lipinski definition) is 5. The lowest BCUT2D eigenvalue weighted by atomic mass is 10.1. The molecule has 15 heavy (non-hydrogen) atoms. The first-order valence-electron chi connectivity index (χ1n) is 4.10. The van der Waals surface area contributed by atoms with Crippen molar-refractivity contribution in [2.45, 2.75) is 0 Å². The lowest BCUT2D eigenvalue weighted by Crippen LogP contribution is -2.07. The highest BCUT2D eigenvalue weighted by Crippen LogP contribution is 2.27. The smallest absolute Gasteiger partial charge is 0.340 e. The first kappa shape index (κ1) is 10.9. The third-order valence-corrected chi connectivity index (χ3v) is 1.90. The third-order valence-electron chi connectivity index (χ3n) is 1.90. The Morgan fingerprint density at radius 1 is 1.47 bits per heavy atom. The van der Waals surface area contributed by atoms with E-state index in [0.717, 1.165) is 0 Å². The van der Waals surface area contributed by atoms with Gasteiger partial charge in [0.2, 0.25) is 0 Å². The van der Waals surface area contributed by atoms with E-state index in [1.807, 2.05) is 6.07 Å². The minimum atomic E-state index is -0.595. The topological polar surface area (TPSA) is 85.3 Å². The summed E-state index contributed by atoms with van der Waals surface area (Å²) in [7, 11) is 2.65. The van der Waals surface area contributed by atoms with Gasteiger partial charge < -0.3 is 15.2 Å². The van der Waals surface area contributed by atoms with Crippen LogP contribution in [-0.2, 0) is 4.74 Å². The molecule has 0 atom stereocenters. The number of esters is 1. The van der Waals surface area contributed by atoms with Crippen LogP contribution in [0.3, 0.4) is 0 Å². The highest BCUT2D eigenvalue weighted by molar-refractivity contribution is 5.97. The predicted octanol–water partition coefficient (Wildman–Crippen LogP) is 0.936. The second-order valence-electron chi connectivity index (χ2n) is 2.74. The molecule has 0 aromatic heterocycles. The van der Waals surface area contributed by atoms with Crippen molar-refractivity contribution < 1.29 is 14.3 Å². The fourth-order valence-electron chi connectivity index (χ4n) is 1.14. The van der Waals surface area contributed by atoms with Gasteiger partial charge in [-0.05, 0) is 6.07 Å². The summed E-state index contributed by atoms with van der Waals surface area (Å²) in [4.78, 5) is 11.3. The SMILES string of the molecule is COC(=O)c1cc(C#N)cc(OC)c1N. The van der Waals surface area contributed by atoms with Crippen LogP contribution < -0.4 is 10.5 Å². The average molecular weight is 206 g/mol. The van der Waals surface area contributed by atoms with Gasteiger partial charge in [-0.25, -0.2) is 4.79 Å². The average Bonchev–Trinajstić information content (AvgIpc) is 2.28. The van der Waals surface area contributed by atoms with E-state index in [2.05, 4.69) is 4.74 Å². The van der Waals surface area contributed by atoms with E-state index in [0.29, 0.717) is 5.56 Å². The largest absolute Gasteiger partial charge is 0.495 e. The van der Waals surface area contributed by atoms with E-state index >= 15 is 0 Å². The van der Waals surface area contributed by atoms with Gasteiger partial charge in [-0.15, -0.1) is 0 Å². The lowest BCUT2D eigenvalue weighted by molar-refractivity contribution is 0.0601. The first-order valence-corrected chi connectivity index (χ1v) is 4.10. The molecule has 1 aromatic carbocycles. The maximum absolute atomic E-state index is 11.3. The second-order valence-corrected chi connectivity index (χ2v) is 2.74. The predicted molar refractivity (Wildman–Crippen MR) is 53.5 cm³/mol. The molecule has 0 fully saturated rings. The molecule has 0 aliphatic carbocycles. The Labute approximate surface area is 87.0 Å². The highest BCUT2D eigenvalue weighted by Gasteiger charge is 2.15. The fourth-order valence-corrected chi connectivity index (χ4v) is 1.14. The zero-order valence-corrected chi connectivity index (χ0v) is 8.40. The number of nitrogens with zero attached hydrogens (tertiary/aromatic N) is 1. The van der Waals surface area contributed by atoms with Crippen LogP contribution in [-0.4, -0.2) is 20.2 Å². The molecule has 1 aromatic rings. The van der Waals surface area contributed by atoms with Gasteiger partial charge in [0, 0.05) is 6.07 Å². The third kappa shape index (κ3) is 1.99. The van der Waals surface area contributed by atoms with Crippen molar-refractivity contribution in [2.24, 2.45) is 0 Å². The van der Waals surface area contributed by atoms with Gasteiger partial charge in [0.25, 0.3) is 0 Å². The van der Waals surface area contributed by atoms with E-state index in [9.17, 15) is 4.79 Å². The standard InChI is InChI=1S/C10H10N2O3/c1-14-8-4-6(5-11)3-7(9(8)12)10(13)15-2/h3-4H,12H2,1-2H3. The van der Waals surface area contributed by atoms with E-state index in [-0.39, 0.29) is 17.0 Å². The summed E-state index contributed by atoms with van der Waals surface area (Å²) < 4.78 is 9.47. The Bertz CT molecular complexity index is 435. The number of nitriles is 1. The number of rotatable bonds is 2. The molecule has 0 amide bonds. The number of benzene rings is 1. The molecule has 0 saturated heterocycles. The molecule has 5 nitrogen and oxygen atoms in total. The number of hydrogen-bond donors (Lipinski definition) is 1. The van der Waals surface area contributed by atoms with Crippen LogP contribution in [0.2, 0.25) is 0 Å². The van der Waals surface area contributed by atoms with E-state index in [1.165, 1.54) is 26.4 Å². The van der Waals surface area contributed by atoms with Gasteiger partial charge in [0.05, 0.1) is 37.1 Å². The summed E-state index contributed by atoms with van der Waals surface area (Å²) in [5.41, 5.74) is 6.25. The Morgan fingerprint density at radius 2 is 2.13 bits per heavy atom. The molecule has 5 heteroatoms. The van der Waals surface area contributed by atoms with Gasteiger partial charge in [-0.1, -0.05) is 0 Å². The van der Waals surface area contributed by atoms with E-state index in [4.69, 9.17) is 15.7 Å². The Balaban J connectivity index is 3.38. The summed E-state index contributed by atoms with van der Waals surface area (Å²) in [6.45, 7) is 0. The van der Waals surface area contributed by atoms with Crippen LogP contribution in [0.5, 0.6) is 5.75 Å². The van der Waals surface area contributed by atoms with Crippen molar-refractivity contribution in [3.8, 4) is 11.8 Å². The molecule has 2 N–H and O–H groups in total. The van der Waals surface area contributed by atoms with Crippen molar-refractivity contribution in [3.05, 3.63) is 23.3 Å². The van der Waals surface area contributed by atoms with Crippen LogP contribution in [0.25, 0.3) is 0 Å². The van der Waals surface area contributed by atoms with Crippen LogP contribution in [0.1, 0.15) is 15.9 Å². The molecule has 0 radical (unpaired) electrons. The van der Waals surface area contributed by atoms with Gasteiger partial charge >= 0.3 is 5.97 Å². The van der Waals surface area contributed by atoms with Gasteiger partial charge in [0.15, 0.2) is 0 Å². The number of ether oxygens (including phenoxy) is 2. The molecule has 0 spiro atoms. The van der Waals surface area contributed by atoms with Crippen LogP contribution in [0.4, 0.5) is 5.69 Å². The minimum Gasteiger partial charge on any atom is -0.495 e. The lowest BCUT2D eigenvalue weighted by Gasteiger charge is -2.08. The maximum atomic E-state index is 11.3. The number of carbonyl (C=O) groups is 1.